The average molecular weight is 294 g/mol. The maximum atomic E-state index is 5.85. The van der Waals surface area contributed by atoms with Crippen molar-refractivity contribution in [1.29, 1.82) is 0 Å². The van der Waals surface area contributed by atoms with Crippen LogP contribution in [0.25, 0.3) is 0 Å². The van der Waals surface area contributed by atoms with Gasteiger partial charge in [0, 0.05) is 44.1 Å². The second-order valence-electron chi connectivity index (χ2n) is 6.05. The summed E-state index contributed by atoms with van der Waals surface area (Å²) in [6, 6.07) is 0. The molecule has 2 fully saturated rings. The Balaban J connectivity index is 1.59. The molecule has 0 radical (unpaired) electrons. The predicted molar refractivity (Wildman–Crippen MR) is 85.4 cm³/mol. The normalized spacial score (nSPS) is 20.6. The van der Waals surface area contributed by atoms with Gasteiger partial charge in [-0.25, -0.2) is 4.98 Å². The van der Waals surface area contributed by atoms with Gasteiger partial charge in [0.05, 0.1) is 5.69 Å². The fourth-order valence-electron chi connectivity index (χ4n) is 2.88. The van der Waals surface area contributed by atoms with Gasteiger partial charge in [0.25, 0.3) is 0 Å². The van der Waals surface area contributed by atoms with Gasteiger partial charge in [-0.1, -0.05) is 13.3 Å². The average Bonchev–Trinajstić information content (AvgIpc) is 3.18. The quantitative estimate of drug-likeness (QED) is 0.872. The van der Waals surface area contributed by atoms with Crippen LogP contribution >= 0.6 is 11.3 Å². The molecule has 20 heavy (non-hydrogen) atoms. The monoisotopic (exact) mass is 294 g/mol. The van der Waals surface area contributed by atoms with E-state index in [0.717, 1.165) is 31.8 Å². The molecular weight excluding hydrogens is 268 g/mol. The van der Waals surface area contributed by atoms with Crippen molar-refractivity contribution in [1.82, 2.24) is 9.88 Å². The number of rotatable bonds is 6. The van der Waals surface area contributed by atoms with E-state index in [9.17, 15) is 0 Å². The van der Waals surface area contributed by atoms with Crippen LogP contribution < -0.4 is 10.6 Å². The Morgan fingerprint density at radius 1 is 1.25 bits per heavy atom. The van der Waals surface area contributed by atoms with E-state index in [1.54, 1.807) is 11.3 Å². The van der Waals surface area contributed by atoms with Crippen LogP contribution in [-0.2, 0) is 13.0 Å². The van der Waals surface area contributed by atoms with Crippen LogP contribution in [0.2, 0.25) is 0 Å². The molecule has 1 saturated heterocycles. The molecule has 112 valence electrons. The topological polar surface area (TPSA) is 45.4 Å². The first-order chi connectivity index (χ1) is 9.80. The maximum Gasteiger partial charge on any atom is 0.185 e. The molecule has 1 aliphatic heterocycles. The number of nitrogens with two attached hydrogens (primary N) is 1. The summed E-state index contributed by atoms with van der Waals surface area (Å²) in [4.78, 5) is 11.2. The van der Waals surface area contributed by atoms with Crippen molar-refractivity contribution in [3.63, 3.8) is 0 Å². The largest absolute Gasteiger partial charge is 0.346 e. The van der Waals surface area contributed by atoms with Crippen LogP contribution in [0.1, 0.15) is 36.8 Å². The zero-order chi connectivity index (χ0) is 13.9. The Kier molecular flexibility index (Phi) is 4.58. The molecule has 5 heteroatoms. The lowest BCUT2D eigenvalue weighted by Gasteiger charge is -2.34. The number of thiazole rings is 1. The van der Waals surface area contributed by atoms with Gasteiger partial charge >= 0.3 is 0 Å². The summed E-state index contributed by atoms with van der Waals surface area (Å²) < 4.78 is 0. The molecule has 0 aromatic carbocycles. The molecule has 1 saturated carbocycles. The molecule has 0 bridgehead atoms. The van der Waals surface area contributed by atoms with E-state index in [0.29, 0.717) is 6.54 Å². The van der Waals surface area contributed by atoms with Crippen LogP contribution in [0.4, 0.5) is 5.13 Å². The second-order valence-corrected chi connectivity index (χ2v) is 7.11. The minimum Gasteiger partial charge on any atom is -0.346 e. The smallest absolute Gasteiger partial charge is 0.185 e. The highest BCUT2D eigenvalue weighted by Crippen LogP contribution is 2.31. The molecule has 4 nitrogen and oxygen atoms in total. The number of nitrogens with zero attached hydrogens (tertiary/aromatic N) is 3. The molecular formula is C15H26N4S. The molecule has 1 aromatic heterocycles. The van der Waals surface area contributed by atoms with Crippen molar-refractivity contribution < 1.29 is 0 Å². The van der Waals surface area contributed by atoms with Gasteiger partial charge in [-0.3, -0.25) is 4.90 Å². The van der Waals surface area contributed by atoms with Crippen molar-refractivity contribution in [2.45, 2.75) is 39.2 Å². The SMILES string of the molecule is CCCc1nc(N2CCN(CC3CC3)CC2)sc1CN. The minimum atomic E-state index is 0.634. The van der Waals surface area contributed by atoms with Crippen LogP contribution in [0, 0.1) is 5.92 Å². The molecule has 0 unspecified atom stereocenters. The van der Waals surface area contributed by atoms with Gasteiger partial charge in [-0.05, 0) is 25.2 Å². The van der Waals surface area contributed by atoms with E-state index in [-0.39, 0.29) is 0 Å². The number of aromatic nitrogens is 1. The maximum absolute atomic E-state index is 5.85. The summed E-state index contributed by atoms with van der Waals surface area (Å²) in [5.74, 6) is 1.00. The Labute approximate surface area is 126 Å². The summed E-state index contributed by atoms with van der Waals surface area (Å²) in [5.41, 5.74) is 7.08. The fraction of sp³-hybridized carbons (Fsp3) is 0.800. The third-order valence-electron chi connectivity index (χ3n) is 4.30. The highest BCUT2D eigenvalue weighted by atomic mass is 32.1. The van der Waals surface area contributed by atoms with Crippen molar-refractivity contribution in [2.24, 2.45) is 11.7 Å². The molecule has 2 heterocycles. The van der Waals surface area contributed by atoms with Crippen LogP contribution in [0.3, 0.4) is 0 Å². The summed E-state index contributed by atoms with van der Waals surface area (Å²) in [5, 5.41) is 1.19. The van der Waals surface area contributed by atoms with Crippen LogP contribution in [0.15, 0.2) is 0 Å². The van der Waals surface area contributed by atoms with Gasteiger partial charge in [0.1, 0.15) is 0 Å². The zero-order valence-corrected chi connectivity index (χ0v) is 13.3. The van der Waals surface area contributed by atoms with Gasteiger partial charge < -0.3 is 10.6 Å². The lowest BCUT2D eigenvalue weighted by Crippen LogP contribution is -2.47. The first kappa shape index (κ1) is 14.3. The number of hydrogen-bond acceptors (Lipinski definition) is 5. The molecule has 0 amide bonds. The van der Waals surface area contributed by atoms with E-state index in [1.165, 1.54) is 48.2 Å². The number of aryl methyl sites for hydroxylation is 1. The highest BCUT2D eigenvalue weighted by molar-refractivity contribution is 7.15. The third-order valence-corrected chi connectivity index (χ3v) is 5.48. The van der Waals surface area contributed by atoms with E-state index < -0.39 is 0 Å². The number of hydrogen-bond donors (Lipinski definition) is 1. The lowest BCUT2D eigenvalue weighted by molar-refractivity contribution is 0.248. The van der Waals surface area contributed by atoms with Gasteiger partial charge in [-0.2, -0.15) is 0 Å². The van der Waals surface area contributed by atoms with Crippen molar-refractivity contribution >= 4 is 16.5 Å². The Hall–Kier alpha value is -0.650. The first-order valence-electron chi connectivity index (χ1n) is 7.96. The van der Waals surface area contributed by atoms with Gasteiger partial charge in [0.2, 0.25) is 0 Å². The molecule has 2 N–H and O–H groups in total. The van der Waals surface area contributed by atoms with E-state index in [1.807, 2.05) is 0 Å². The van der Waals surface area contributed by atoms with Crippen molar-refractivity contribution in [3.05, 3.63) is 10.6 Å². The Morgan fingerprint density at radius 2 is 2.00 bits per heavy atom. The predicted octanol–water partition coefficient (Wildman–Crippen LogP) is 2.09. The Bertz CT molecular complexity index is 433. The number of anilines is 1. The molecule has 1 aromatic rings. The molecule has 0 atom stereocenters. The first-order valence-corrected chi connectivity index (χ1v) is 8.77. The fourth-order valence-corrected chi connectivity index (χ4v) is 3.92. The summed E-state index contributed by atoms with van der Waals surface area (Å²) in [6.45, 7) is 8.78. The minimum absolute atomic E-state index is 0.634. The summed E-state index contributed by atoms with van der Waals surface area (Å²) in [6.07, 6.45) is 5.11. The summed E-state index contributed by atoms with van der Waals surface area (Å²) >= 11 is 1.80. The standard InChI is InChI=1S/C15H26N4S/c1-2-3-13-14(10-16)20-15(17-13)19-8-6-18(7-9-19)11-12-4-5-12/h12H,2-11,16H2,1H3. The van der Waals surface area contributed by atoms with Crippen molar-refractivity contribution in [2.75, 3.05) is 37.6 Å². The van der Waals surface area contributed by atoms with E-state index >= 15 is 0 Å². The summed E-state index contributed by atoms with van der Waals surface area (Å²) in [7, 11) is 0. The molecule has 1 aliphatic carbocycles. The van der Waals surface area contributed by atoms with E-state index in [4.69, 9.17) is 10.7 Å². The van der Waals surface area contributed by atoms with E-state index in [2.05, 4.69) is 16.7 Å². The van der Waals surface area contributed by atoms with Gasteiger partial charge in [-0.15, -0.1) is 11.3 Å². The Morgan fingerprint density at radius 3 is 2.60 bits per heavy atom. The zero-order valence-electron chi connectivity index (χ0n) is 12.5. The molecule has 2 aliphatic rings. The molecule has 0 spiro atoms. The van der Waals surface area contributed by atoms with Crippen molar-refractivity contribution in [3.8, 4) is 0 Å². The van der Waals surface area contributed by atoms with Crippen LogP contribution in [0.5, 0.6) is 0 Å². The highest BCUT2D eigenvalue weighted by Gasteiger charge is 2.27. The third kappa shape index (κ3) is 3.32. The van der Waals surface area contributed by atoms with Crippen LogP contribution in [-0.4, -0.2) is 42.6 Å². The number of piperazine rings is 1. The lowest BCUT2D eigenvalue weighted by atomic mass is 10.2. The van der Waals surface area contributed by atoms with Gasteiger partial charge in [0.15, 0.2) is 5.13 Å². The second kappa shape index (κ2) is 6.41. The molecule has 3 rings (SSSR count).